The highest BCUT2D eigenvalue weighted by Gasteiger charge is 2.33. The van der Waals surface area contributed by atoms with E-state index in [1.807, 2.05) is 32.0 Å². The number of carbonyl (C=O) groups is 4. The van der Waals surface area contributed by atoms with Crippen LogP contribution in [0, 0.1) is 11.8 Å². The Kier molecular flexibility index (Phi) is 9.22. The molecule has 196 valence electrons. The first-order valence-electron chi connectivity index (χ1n) is 12.6. The third-order valence-electron chi connectivity index (χ3n) is 6.75. The summed E-state index contributed by atoms with van der Waals surface area (Å²) in [6, 6.07) is 13.7. The summed E-state index contributed by atoms with van der Waals surface area (Å²) in [5, 5.41) is 18.0. The van der Waals surface area contributed by atoms with E-state index in [-0.39, 0.29) is 30.2 Å². The summed E-state index contributed by atoms with van der Waals surface area (Å²) in [6.07, 6.45) is 2.36. The van der Waals surface area contributed by atoms with Gasteiger partial charge in [0.15, 0.2) is 0 Å². The van der Waals surface area contributed by atoms with Crippen molar-refractivity contribution in [1.29, 1.82) is 0 Å². The van der Waals surface area contributed by atoms with Crippen molar-refractivity contribution >= 4 is 29.3 Å². The Bertz CT molecular complexity index is 1180. The second kappa shape index (κ2) is 12.3. The van der Waals surface area contributed by atoms with E-state index in [0.29, 0.717) is 16.7 Å². The molecule has 0 bridgehead atoms. The van der Waals surface area contributed by atoms with Gasteiger partial charge >= 0.3 is 5.97 Å². The lowest BCUT2D eigenvalue weighted by Crippen LogP contribution is -2.54. The van der Waals surface area contributed by atoms with Crippen LogP contribution in [0.1, 0.15) is 55.6 Å². The number of nitrogens with one attached hydrogen (secondary N) is 3. The molecule has 3 amide bonds. The van der Waals surface area contributed by atoms with E-state index in [9.17, 15) is 24.3 Å². The highest BCUT2D eigenvalue weighted by molar-refractivity contribution is 6.07. The molecule has 2 aromatic carbocycles. The molecule has 37 heavy (non-hydrogen) atoms. The Hall–Kier alpha value is -3.94. The van der Waals surface area contributed by atoms with Crippen LogP contribution < -0.4 is 16.0 Å². The minimum absolute atomic E-state index is 0.0786. The number of carboxylic acid groups (broad SMARTS) is 1. The molecule has 3 unspecified atom stereocenters. The van der Waals surface area contributed by atoms with Crippen molar-refractivity contribution in [3.63, 3.8) is 0 Å². The van der Waals surface area contributed by atoms with E-state index < -0.39 is 29.9 Å². The molecule has 8 nitrogen and oxygen atoms in total. The Morgan fingerprint density at radius 2 is 1.59 bits per heavy atom. The number of fused-ring (bicyclic) bond motifs is 1. The first kappa shape index (κ1) is 27.6. The number of hydrogen-bond acceptors (Lipinski definition) is 4. The number of hydrogen-bond donors (Lipinski definition) is 4. The smallest absolute Gasteiger partial charge is 0.326 e. The average Bonchev–Trinajstić information content (AvgIpc) is 2.88. The maximum Gasteiger partial charge on any atom is 0.326 e. The topological polar surface area (TPSA) is 125 Å². The molecule has 0 saturated carbocycles. The zero-order chi connectivity index (χ0) is 27.1. The van der Waals surface area contributed by atoms with Gasteiger partial charge in [-0.1, -0.05) is 82.6 Å². The van der Waals surface area contributed by atoms with Crippen LogP contribution in [0.5, 0.6) is 0 Å². The number of carboxylic acids is 1. The van der Waals surface area contributed by atoms with E-state index in [2.05, 4.69) is 16.0 Å². The van der Waals surface area contributed by atoms with Gasteiger partial charge < -0.3 is 21.1 Å². The second-order valence-corrected chi connectivity index (χ2v) is 9.80. The Labute approximate surface area is 217 Å². The van der Waals surface area contributed by atoms with Gasteiger partial charge in [0.2, 0.25) is 11.8 Å². The van der Waals surface area contributed by atoms with Crippen molar-refractivity contribution in [2.45, 2.75) is 58.7 Å². The molecule has 1 aliphatic rings. The van der Waals surface area contributed by atoms with Crippen molar-refractivity contribution < 1.29 is 24.3 Å². The van der Waals surface area contributed by atoms with Gasteiger partial charge in [-0.2, -0.15) is 0 Å². The number of carbonyl (C=O) groups excluding carboxylic acids is 3. The summed E-state index contributed by atoms with van der Waals surface area (Å²) in [5.41, 5.74) is 2.63. The molecule has 0 aliphatic carbocycles. The highest BCUT2D eigenvalue weighted by Crippen LogP contribution is 2.31. The molecule has 3 rings (SSSR count). The van der Waals surface area contributed by atoms with Crippen LogP contribution in [-0.2, 0) is 20.8 Å². The first-order valence-corrected chi connectivity index (χ1v) is 12.6. The van der Waals surface area contributed by atoms with Gasteiger partial charge in [0.05, 0.1) is 6.04 Å². The first-order chi connectivity index (χ1) is 17.6. The van der Waals surface area contributed by atoms with Gasteiger partial charge in [-0.05, 0) is 34.6 Å². The van der Waals surface area contributed by atoms with Crippen LogP contribution >= 0.6 is 0 Å². The Morgan fingerprint density at radius 1 is 0.973 bits per heavy atom. The summed E-state index contributed by atoms with van der Waals surface area (Å²) in [5.74, 6) is -2.61. The van der Waals surface area contributed by atoms with E-state index in [1.165, 1.54) is 6.08 Å². The highest BCUT2D eigenvalue weighted by atomic mass is 16.4. The van der Waals surface area contributed by atoms with Gasteiger partial charge in [0, 0.05) is 18.1 Å². The predicted molar refractivity (Wildman–Crippen MR) is 142 cm³/mol. The maximum absolute atomic E-state index is 13.2. The lowest BCUT2D eigenvalue weighted by atomic mass is 9.82. The fourth-order valence-corrected chi connectivity index (χ4v) is 4.43. The molecule has 4 atom stereocenters. The van der Waals surface area contributed by atoms with Crippen molar-refractivity contribution in [3.05, 3.63) is 77.4 Å². The van der Waals surface area contributed by atoms with E-state index in [1.54, 1.807) is 50.2 Å². The average molecular weight is 506 g/mol. The van der Waals surface area contributed by atoms with Crippen LogP contribution in [0.2, 0.25) is 0 Å². The molecule has 0 radical (unpaired) electrons. The standard InChI is InChI=1S/C29H35N3O5/c1-5-18(4)26-22(20-13-9-10-14-21(20)27(34)32-26)16-24(33)31-25(17(2)3)28(35)30-23(29(36)37)15-19-11-7-6-8-12-19/h6-14,16-18,23,25-26H,5,15H2,1-4H3,(H,30,35)(H,31,33)(H,32,34)(H,36,37)/b22-16+/t18?,23-,25?,26?/m0/s1. The number of benzene rings is 2. The van der Waals surface area contributed by atoms with Crippen LogP contribution in [0.15, 0.2) is 60.7 Å². The predicted octanol–water partition coefficient (Wildman–Crippen LogP) is 3.18. The lowest BCUT2D eigenvalue weighted by Gasteiger charge is -2.32. The van der Waals surface area contributed by atoms with Crippen molar-refractivity contribution in [2.24, 2.45) is 11.8 Å². The molecular weight excluding hydrogens is 470 g/mol. The van der Waals surface area contributed by atoms with Crippen LogP contribution in [0.25, 0.3) is 5.57 Å². The zero-order valence-electron chi connectivity index (χ0n) is 21.7. The summed E-state index contributed by atoms with van der Waals surface area (Å²) < 4.78 is 0. The summed E-state index contributed by atoms with van der Waals surface area (Å²) >= 11 is 0. The molecule has 0 saturated heterocycles. The third kappa shape index (κ3) is 6.84. The van der Waals surface area contributed by atoms with Gasteiger partial charge in [0.1, 0.15) is 12.1 Å². The molecule has 2 aromatic rings. The van der Waals surface area contributed by atoms with E-state index in [4.69, 9.17) is 0 Å². The molecule has 0 fully saturated rings. The number of amides is 3. The maximum atomic E-state index is 13.2. The number of rotatable bonds is 10. The fourth-order valence-electron chi connectivity index (χ4n) is 4.43. The Morgan fingerprint density at radius 3 is 2.19 bits per heavy atom. The quantitative estimate of drug-likeness (QED) is 0.369. The Balaban J connectivity index is 1.82. The molecule has 4 N–H and O–H groups in total. The largest absolute Gasteiger partial charge is 0.480 e. The van der Waals surface area contributed by atoms with Crippen LogP contribution in [0.3, 0.4) is 0 Å². The van der Waals surface area contributed by atoms with Crippen molar-refractivity contribution in [2.75, 3.05) is 0 Å². The third-order valence-corrected chi connectivity index (χ3v) is 6.75. The van der Waals surface area contributed by atoms with Gasteiger partial charge in [-0.15, -0.1) is 0 Å². The van der Waals surface area contributed by atoms with Crippen molar-refractivity contribution in [1.82, 2.24) is 16.0 Å². The van der Waals surface area contributed by atoms with Crippen LogP contribution in [-0.4, -0.2) is 46.9 Å². The summed E-state index contributed by atoms with van der Waals surface area (Å²) in [7, 11) is 0. The van der Waals surface area contributed by atoms with E-state index >= 15 is 0 Å². The fraction of sp³-hybridized carbons (Fsp3) is 0.379. The van der Waals surface area contributed by atoms with Gasteiger partial charge in [0.25, 0.3) is 5.91 Å². The molecule has 0 spiro atoms. The zero-order valence-corrected chi connectivity index (χ0v) is 21.7. The second-order valence-electron chi connectivity index (χ2n) is 9.80. The monoisotopic (exact) mass is 505 g/mol. The lowest BCUT2D eigenvalue weighted by molar-refractivity contribution is -0.142. The molecule has 1 aliphatic heterocycles. The SMILES string of the molecule is CCC(C)C1NC(=O)c2ccccc2/C1=C\C(=O)NC(C(=O)N[C@@H](Cc1ccccc1)C(=O)O)C(C)C. The van der Waals surface area contributed by atoms with Crippen LogP contribution in [0.4, 0.5) is 0 Å². The molecule has 8 heteroatoms. The molecule has 1 heterocycles. The van der Waals surface area contributed by atoms with Gasteiger partial charge in [-0.25, -0.2) is 4.79 Å². The van der Waals surface area contributed by atoms with E-state index in [0.717, 1.165) is 12.0 Å². The molecular formula is C29H35N3O5. The molecule has 0 aromatic heterocycles. The minimum atomic E-state index is -1.15. The van der Waals surface area contributed by atoms with Crippen molar-refractivity contribution in [3.8, 4) is 0 Å². The normalized spacial score (nSPS) is 18.4. The number of aliphatic carboxylic acids is 1. The minimum Gasteiger partial charge on any atom is -0.480 e. The summed E-state index contributed by atoms with van der Waals surface area (Å²) in [6.45, 7) is 7.59. The van der Waals surface area contributed by atoms with Gasteiger partial charge in [-0.3, -0.25) is 14.4 Å². The summed E-state index contributed by atoms with van der Waals surface area (Å²) in [4.78, 5) is 50.8.